The number of carbonyl (C=O) groups is 1. The summed E-state index contributed by atoms with van der Waals surface area (Å²) in [4.78, 5) is 21.1. The number of fused-ring (bicyclic) bond motifs is 1. The molecule has 26 heavy (non-hydrogen) atoms. The van der Waals surface area contributed by atoms with Gasteiger partial charge in [0.05, 0.1) is 17.2 Å². The van der Waals surface area contributed by atoms with E-state index >= 15 is 0 Å². The van der Waals surface area contributed by atoms with Crippen LogP contribution >= 0.6 is 23.4 Å². The molecule has 2 heterocycles. The van der Waals surface area contributed by atoms with Crippen molar-refractivity contribution in [3.63, 3.8) is 0 Å². The molecule has 0 aliphatic heterocycles. The van der Waals surface area contributed by atoms with Gasteiger partial charge in [-0.05, 0) is 30.2 Å². The molecule has 0 atom stereocenters. The van der Waals surface area contributed by atoms with Gasteiger partial charge >= 0.3 is 0 Å². The van der Waals surface area contributed by atoms with Crippen LogP contribution in [0.15, 0.2) is 47.9 Å². The molecule has 0 unspecified atom stereocenters. The fourth-order valence-corrected chi connectivity index (χ4v) is 3.76. The zero-order chi connectivity index (χ0) is 18.4. The van der Waals surface area contributed by atoms with E-state index < -0.39 is 0 Å². The van der Waals surface area contributed by atoms with Crippen LogP contribution in [-0.4, -0.2) is 27.0 Å². The highest BCUT2D eigenvalue weighted by Crippen LogP contribution is 2.27. The van der Waals surface area contributed by atoms with E-state index in [0.717, 1.165) is 45.4 Å². The van der Waals surface area contributed by atoms with Gasteiger partial charge in [-0.25, -0.2) is 4.98 Å². The number of benzene rings is 1. The lowest BCUT2D eigenvalue weighted by molar-refractivity contribution is -0.121. The van der Waals surface area contributed by atoms with E-state index in [-0.39, 0.29) is 12.5 Å². The number of nitrogens with one attached hydrogen (secondary N) is 1. The molecule has 0 fully saturated rings. The largest absolute Gasteiger partial charge is 0.355 e. The molecule has 0 radical (unpaired) electrons. The molecule has 0 bridgehead atoms. The van der Waals surface area contributed by atoms with E-state index in [1.165, 1.54) is 0 Å². The minimum atomic E-state index is -0.00814. The Balaban J connectivity index is 1.79. The molecule has 0 aliphatic rings. The maximum absolute atomic E-state index is 12.3. The maximum Gasteiger partial charge on any atom is 0.240 e. The first-order chi connectivity index (χ1) is 12.7. The minimum Gasteiger partial charge on any atom is -0.355 e. The number of thioether (sulfide) groups is 1. The van der Waals surface area contributed by atoms with Gasteiger partial charge in [-0.1, -0.05) is 48.8 Å². The molecule has 3 aromatic rings. The molecule has 7 heteroatoms. The van der Waals surface area contributed by atoms with Gasteiger partial charge in [0.25, 0.3) is 0 Å². The van der Waals surface area contributed by atoms with Crippen molar-refractivity contribution in [3.8, 4) is 0 Å². The number of hydrogen-bond acceptors (Lipinski definition) is 4. The molecule has 0 aliphatic carbocycles. The van der Waals surface area contributed by atoms with Crippen LogP contribution in [0.3, 0.4) is 0 Å². The van der Waals surface area contributed by atoms with E-state index in [9.17, 15) is 4.79 Å². The van der Waals surface area contributed by atoms with Crippen LogP contribution in [0.5, 0.6) is 0 Å². The molecule has 1 amide bonds. The normalized spacial score (nSPS) is 11.0. The third kappa shape index (κ3) is 4.77. The molecule has 1 N–H and O–H groups in total. The molecule has 3 rings (SSSR count). The lowest BCUT2D eigenvalue weighted by Gasteiger charge is -2.09. The first-order valence-corrected chi connectivity index (χ1v) is 9.98. The number of halogens is 1. The van der Waals surface area contributed by atoms with Crippen molar-refractivity contribution < 1.29 is 4.79 Å². The van der Waals surface area contributed by atoms with Crippen LogP contribution in [0.1, 0.15) is 25.3 Å². The van der Waals surface area contributed by atoms with Crippen LogP contribution in [0.25, 0.3) is 11.0 Å². The second-order valence-electron chi connectivity index (χ2n) is 5.97. The molecular formula is C19H21ClN4OS. The van der Waals surface area contributed by atoms with Gasteiger partial charge in [-0.3, -0.25) is 9.78 Å². The lowest BCUT2D eigenvalue weighted by Crippen LogP contribution is -2.28. The fraction of sp³-hybridized carbons (Fsp3) is 0.316. The summed E-state index contributed by atoms with van der Waals surface area (Å²) in [6, 6.07) is 9.64. The van der Waals surface area contributed by atoms with Crippen LogP contribution in [0.2, 0.25) is 5.02 Å². The lowest BCUT2D eigenvalue weighted by atomic mass is 10.2. The van der Waals surface area contributed by atoms with Crippen molar-refractivity contribution in [1.29, 1.82) is 0 Å². The molecule has 5 nitrogen and oxygen atoms in total. The Morgan fingerprint density at radius 1 is 1.35 bits per heavy atom. The summed E-state index contributed by atoms with van der Waals surface area (Å²) in [5.74, 6) is 0.723. The Hall–Kier alpha value is -2.05. The van der Waals surface area contributed by atoms with Crippen LogP contribution in [-0.2, 0) is 17.1 Å². The van der Waals surface area contributed by atoms with Crippen LogP contribution in [0, 0.1) is 0 Å². The number of imidazole rings is 1. The van der Waals surface area contributed by atoms with Gasteiger partial charge in [-0.2, -0.15) is 0 Å². The van der Waals surface area contributed by atoms with Crippen molar-refractivity contribution in [2.24, 2.45) is 0 Å². The molecular weight excluding hydrogens is 368 g/mol. The van der Waals surface area contributed by atoms with E-state index in [0.29, 0.717) is 6.54 Å². The highest BCUT2D eigenvalue weighted by Gasteiger charge is 2.14. The predicted molar refractivity (Wildman–Crippen MR) is 106 cm³/mol. The van der Waals surface area contributed by atoms with Gasteiger partial charge in [0.1, 0.15) is 6.54 Å². The average molecular weight is 389 g/mol. The Labute approximate surface area is 162 Å². The third-order valence-electron chi connectivity index (χ3n) is 3.93. The van der Waals surface area contributed by atoms with Crippen molar-refractivity contribution in [3.05, 3.63) is 53.3 Å². The summed E-state index contributed by atoms with van der Waals surface area (Å²) in [6.45, 7) is 3.04. The van der Waals surface area contributed by atoms with Crippen LogP contribution in [0.4, 0.5) is 0 Å². The summed E-state index contributed by atoms with van der Waals surface area (Å²) < 4.78 is 1.93. The quantitative estimate of drug-likeness (QED) is 0.462. The van der Waals surface area contributed by atoms with E-state index in [2.05, 4.69) is 22.2 Å². The van der Waals surface area contributed by atoms with E-state index in [4.69, 9.17) is 11.6 Å². The topological polar surface area (TPSA) is 59.8 Å². The maximum atomic E-state index is 12.3. The van der Waals surface area contributed by atoms with E-state index in [1.807, 2.05) is 34.9 Å². The van der Waals surface area contributed by atoms with Gasteiger partial charge in [0, 0.05) is 23.5 Å². The second kappa shape index (κ2) is 9.05. The number of hydrogen-bond donors (Lipinski definition) is 1. The number of carbonyl (C=O) groups excluding carboxylic acids is 1. The van der Waals surface area contributed by atoms with Crippen molar-refractivity contribution in [1.82, 2.24) is 19.9 Å². The molecule has 1 aromatic carbocycles. The summed E-state index contributed by atoms with van der Waals surface area (Å²) in [5.41, 5.74) is 2.83. The first kappa shape index (κ1) is 18.7. The monoisotopic (exact) mass is 388 g/mol. The first-order valence-electron chi connectivity index (χ1n) is 8.61. The minimum absolute atomic E-state index is 0.00814. The Morgan fingerprint density at radius 2 is 2.23 bits per heavy atom. The standard InChI is InChI=1S/C19H21ClN4OS/c1-2-3-8-22-18(25)12-24-17-11-21-9-7-16(17)23-19(24)26-13-14-5-4-6-15(20)10-14/h4-7,9-11H,2-3,8,12-13H2,1H3,(H,22,25). The van der Waals surface area contributed by atoms with Crippen molar-refractivity contribution in [2.75, 3.05) is 6.54 Å². The SMILES string of the molecule is CCCCNC(=O)Cn1c(SCc2cccc(Cl)c2)nc2ccncc21. The van der Waals surface area contributed by atoms with Gasteiger partial charge in [-0.15, -0.1) is 0 Å². The zero-order valence-corrected chi connectivity index (χ0v) is 16.2. The smallest absolute Gasteiger partial charge is 0.240 e. The molecule has 0 spiro atoms. The molecule has 0 saturated carbocycles. The van der Waals surface area contributed by atoms with Crippen LogP contribution < -0.4 is 5.32 Å². The highest BCUT2D eigenvalue weighted by molar-refractivity contribution is 7.98. The fourth-order valence-electron chi connectivity index (χ4n) is 2.59. The number of pyridine rings is 1. The number of rotatable bonds is 8. The number of nitrogens with zero attached hydrogens (tertiary/aromatic N) is 3. The number of unbranched alkanes of at least 4 members (excludes halogenated alkanes) is 1. The Bertz CT molecular complexity index is 896. The third-order valence-corrected chi connectivity index (χ3v) is 5.21. The summed E-state index contributed by atoms with van der Waals surface area (Å²) in [6.07, 6.45) is 5.50. The Morgan fingerprint density at radius 3 is 3.04 bits per heavy atom. The molecule has 0 saturated heterocycles. The average Bonchev–Trinajstić information content (AvgIpc) is 2.98. The Kier molecular flexibility index (Phi) is 6.52. The highest BCUT2D eigenvalue weighted by atomic mass is 35.5. The summed E-state index contributed by atoms with van der Waals surface area (Å²) in [5, 5.41) is 4.48. The summed E-state index contributed by atoms with van der Waals surface area (Å²) in [7, 11) is 0. The van der Waals surface area contributed by atoms with Gasteiger partial charge < -0.3 is 9.88 Å². The number of aromatic nitrogens is 3. The van der Waals surface area contributed by atoms with Gasteiger partial charge in [0.2, 0.25) is 5.91 Å². The molecule has 2 aromatic heterocycles. The zero-order valence-electron chi connectivity index (χ0n) is 14.6. The second-order valence-corrected chi connectivity index (χ2v) is 7.35. The summed E-state index contributed by atoms with van der Waals surface area (Å²) >= 11 is 7.65. The van der Waals surface area contributed by atoms with Gasteiger partial charge in [0.15, 0.2) is 5.16 Å². The molecule has 136 valence electrons. The van der Waals surface area contributed by atoms with Crippen molar-refractivity contribution >= 4 is 40.3 Å². The predicted octanol–water partition coefficient (Wildman–Crippen LogP) is 4.29. The van der Waals surface area contributed by atoms with Crippen molar-refractivity contribution in [2.45, 2.75) is 37.2 Å². The number of amides is 1. The van der Waals surface area contributed by atoms with E-state index in [1.54, 1.807) is 24.2 Å².